The quantitative estimate of drug-likeness (QED) is 0.739. The molecule has 0 aliphatic heterocycles. The van der Waals surface area contributed by atoms with Crippen molar-refractivity contribution in [3.05, 3.63) is 30.1 Å². The number of para-hydroxylation sites is 2. The summed E-state index contributed by atoms with van der Waals surface area (Å²) in [6.45, 7) is 0.518. The molecular weight excluding hydrogens is 272 g/mol. The maximum absolute atomic E-state index is 11.3. The summed E-state index contributed by atoms with van der Waals surface area (Å²) in [5, 5.41) is 2.72. The second-order valence-corrected chi connectivity index (χ2v) is 4.60. The largest absolute Gasteiger partial charge is 0.375 e. The number of nitrogens with zero attached hydrogens (tertiary/aromatic N) is 2. The lowest BCUT2D eigenvalue weighted by Crippen LogP contribution is -2.30. The van der Waals surface area contributed by atoms with Gasteiger partial charge in [-0.05, 0) is 12.1 Å². The molecule has 3 N–H and O–H groups in total. The molecule has 0 saturated heterocycles. The fourth-order valence-electron chi connectivity index (χ4n) is 2.14. The summed E-state index contributed by atoms with van der Waals surface area (Å²) in [5.41, 5.74) is 6.94. The Hall–Kier alpha value is -2.41. The number of methoxy groups -OCH3 is 1. The van der Waals surface area contributed by atoms with E-state index in [-0.39, 0.29) is 19.1 Å². The molecule has 0 unspecified atom stereocenters. The zero-order valence-corrected chi connectivity index (χ0v) is 11.8. The lowest BCUT2D eigenvalue weighted by Gasteiger charge is -2.07. The zero-order valence-electron chi connectivity index (χ0n) is 11.8. The Morgan fingerprint density at radius 3 is 2.86 bits per heavy atom. The molecule has 0 bridgehead atoms. The number of nitrogens with two attached hydrogens (primary N) is 1. The predicted molar refractivity (Wildman–Crippen MR) is 77.5 cm³/mol. The summed E-state index contributed by atoms with van der Waals surface area (Å²) in [4.78, 5) is 27.0. The Balaban J connectivity index is 2.14. The minimum absolute atomic E-state index is 0.0255. The highest BCUT2D eigenvalue weighted by Crippen LogP contribution is 2.16. The molecule has 2 aromatic rings. The first-order valence-electron chi connectivity index (χ1n) is 6.60. The number of amides is 2. The van der Waals surface area contributed by atoms with Gasteiger partial charge in [0.25, 0.3) is 0 Å². The summed E-state index contributed by atoms with van der Waals surface area (Å²) >= 11 is 0. The van der Waals surface area contributed by atoms with Crippen molar-refractivity contribution in [1.29, 1.82) is 0 Å². The molecule has 0 spiro atoms. The van der Waals surface area contributed by atoms with Crippen molar-refractivity contribution in [3.8, 4) is 0 Å². The van der Waals surface area contributed by atoms with Crippen molar-refractivity contribution in [2.45, 2.75) is 13.0 Å². The molecule has 7 nitrogen and oxygen atoms in total. The monoisotopic (exact) mass is 290 g/mol. The van der Waals surface area contributed by atoms with Crippen LogP contribution in [-0.4, -0.2) is 41.6 Å². The minimum atomic E-state index is -0.428. The molecular formula is C14H18N4O3. The van der Waals surface area contributed by atoms with E-state index < -0.39 is 5.91 Å². The van der Waals surface area contributed by atoms with Crippen LogP contribution in [-0.2, 0) is 27.3 Å². The Morgan fingerprint density at radius 2 is 2.14 bits per heavy atom. The zero-order chi connectivity index (χ0) is 15.2. The molecule has 2 rings (SSSR count). The molecule has 7 heteroatoms. The number of imidazole rings is 1. The topological polar surface area (TPSA) is 99.2 Å². The molecule has 1 aromatic heterocycles. The van der Waals surface area contributed by atoms with Crippen LogP contribution in [0.15, 0.2) is 24.3 Å². The molecule has 0 radical (unpaired) electrons. The van der Waals surface area contributed by atoms with Crippen LogP contribution in [0.4, 0.5) is 0 Å². The first kappa shape index (κ1) is 15.0. The lowest BCUT2D eigenvalue weighted by molar-refractivity contribution is -0.124. The fraction of sp³-hybridized carbons (Fsp3) is 0.357. The molecule has 2 amide bonds. The highest BCUT2D eigenvalue weighted by Gasteiger charge is 2.12. The van der Waals surface area contributed by atoms with Crippen LogP contribution in [0.5, 0.6) is 0 Å². The summed E-state index contributed by atoms with van der Waals surface area (Å²) in [5.74, 6) is 0.102. The first-order valence-corrected chi connectivity index (χ1v) is 6.60. The Kier molecular flexibility index (Phi) is 4.89. The Bertz CT molecular complexity index is 651. The second kappa shape index (κ2) is 6.85. The van der Waals surface area contributed by atoms with Crippen LogP contribution in [0.3, 0.4) is 0 Å². The van der Waals surface area contributed by atoms with Crippen molar-refractivity contribution in [2.75, 3.05) is 20.3 Å². The normalized spacial score (nSPS) is 10.7. The lowest BCUT2D eigenvalue weighted by atomic mass is 10.3. The van der Waals surface area contributed by atoms with Crippen LogP contribution in [0.2, 0.25) is 0 Å². The van der Waals surface area contributed by atoms with Gasteiger partial charge in [0.2, 0.25) is 11.8 Å². The number of primary amides is 1. The average Bonchev–Trinajstić information content (AvgIpc) is 2.77. The molecule has 0 fully saturated rings. The van der Waals surface area contributed by atoms with E-state index in [9.17, 15) is 9.59 Å². The number of hydrogen-bond acceptors (Lipinski definition) is 4. The van der Waals surface area contributed by atoms with Gasteiger partial charge < -0.3 is 20.4 Å². The van der Waals surface area contributed by atoms with Gasteiger partial charge in [-0.25, -0.2) is 4.98 Å². The molecule has 1 aromatic carbocycles. The summed E-state index contributed by atoms with van der Waals surface area (Å²) in [6.07, 6.45) is 0.511. The number of ether oxygens (including phenoxy) is 1. The average molecular weight is 290 g/mol. The fourth-order valence-corrected chi connectivity index (χ4v) is 2.14. The van der Waals surface area contributed by atoms with E-state index in [0.717, 1.165) is 11.0 Å². The van der Waals surface area contributed by atoms with Gasteiger partial charge in [-0.3, -0.25) is 9.59 Å². The van der Waals surface area contributed by atoms with Crippen molar-refractivity contribution >= 4 is 22.8 Å². The van der Waals surface area contributed by atoms with E-state index in [2.05, 4.69) is 10.3 Å². The van der Waals surface area contributed by atoms with Crippen molar-refractivity contribution in [1.82, 2.24) is 14.9 Å². The SMILES string of the molecule is COCC(=O)NCCc1nc2ccccc2n1CC(N)=O. The maximum Gasteiger partial charge on any atom is 0.245 e. The minimum Gasteiger partial charge on any atom is -0.375 e. The maximum atomic E-state index is 11.3. The number of nitrogens with one attached hydrogen (secondary N) is 1. The molecule has 1 heterocycles. The van der Waals surface area contributed by atoms with Crippen molar-refractivity contribution < 1.29 is 14.3 Å². The van der Waals surface area contributed by atoms with E-state index in [0.29, 0.717) is 18.8 Å². The van der Waals surface area contributed by atoms with Gasteiger partial charge in [-0.1, -0.05) is 12.1 Å². The first-order chi connectivity index (χ1) is 10.1. The van der Waals surface area contributed by atoms with Crippen LogP contribution in [0.1, 0.15) is 5.82 Å². The summed E-state index contributed by atoms with van der Waals surface area (Å²) < 4.78 is 6.51. The van der Waals surface area contributed by atoms with Crippen LogP contribution >= 0.6 is 0 Å². The Morgan fingerprint density at radius 1 is 1.38 bits per heavy atom. The number of hydrogen-bond donors (Lipinski definition) is 2. The van der Waals surface area contributed by atoms with Gasteiger partial charge in [-0.2, -0.15) is 0 Å². The van der Waals surface area contributed by atoms with Gasteiger partial charge in [0.15, 0.2) is 0 Å². The van der Waals surface area contributed by atoms with Crippen LogP contribution < -0.4 is 11.1 Å². The summed E-state index contributed by atoms with van der Waals surface area (Å²) in [7, 11) is 1.46. The molecule has 0 atom stereocenters. The van der Waals surface area contributed by atoms with Crippen LogP contribution in [0.25, 0.3) is 11.0 Å². The van der Waals surface area contributed by atoms with Crippen LogP contribution in [0, 0.1) is 0 Å². The number of carbonyl (C=O) groups excluding carboxylic acids is 2. The van der Waals surface area contributed by atoms with Gasteiger partial charge >= 0.3 is 0 Å². The molecule has 112 valence electrons. The third kappa shape index (κ3) is 3.79. The molecule has 0 aliphatic carbocycles. The Labute approximate surface area is 122 Å². The number of aromatic nitrogens is 2. The molecule has 21 heavy (non-hydrogen) atoms. The second-order valence-electron chi connectivity index (χ2n) is 4.60. The van der Waals surface area contributed by atoms with Gasteiger partial charge in [0.1, 0.15) is 19.0 Å². The number of benzene rings is 1. The molecule has 0 saturated carbocycles. The highest BCUT2D eigenvalue weighted by molar-refractivity contribution is 5.80. The van der Waals surface area contributed by atoms with Crippen molar-refractivity contribution in [2.24, 2.45) is 5.73 Å². The number of carbonyl (C=O) groups is 2. The van der Waals surface area contributed by atoms with E-state index in [1.807, 2.05) is 24.3 Å². The number of fused-ring (bicyclic) bond motifs is 1. The molecule has 0 aliphatic rings. The van der Waals surface area contributed by atoms with E-state index in [1.54, 1.807) is 4.57 Å². The highest BCUT2D eigenvalue weighted by atomic mass is 16.5. The van der Waals surface area contributed by atoms with Crippen molar-refractivity contribution in [3.63, 3.8) is 0 Å². The smallest absolute Gasteiger partial charge is 0.245 e. The third-order valence-corrected chi connectivity index (χ3v) is 2.99. The van der Waals surface area contributed by atoms with E-state index in [4.69, 9.17) is 10.5 Å². The van der Waals surface area contributed by atoms with E-state index >= 15 is 0 Å². The number of rotatable bonds is 7. The van der Waals surface area contributed by atoms with Gasteiger partial charge in [0, 0.05) is 20.1 Å². The van der Waals surface area contributed by atoms with Gasteiger partial charge in [0.05, 0.1) is 11.0 Å². The summed E-state index contributed by atoms with van der Waals surface area (Å²) in [6, 6.07) is 7.53. The predicted octanol–water partition coefficient (Wildman–Crippen LogP) is -0.173. The van der Waals surface area contributed by atoms with Gasteiger partial charge in [-0.15, -0.1) is 0 Å². The van der Waals surface area contributed by atoms with E-state index in [1.165, 1.54) is 7.11 Å². The third-order valence-electron chi connectivity index (χ3n) is 2.99. The standard InChI is InChI=1S/C14H18N4O3/c1-21-9-14(20)16-7-6-13-17-10-4-2-3-5-11(10)18(13)8-12(15)19/h2-5H,6-9H2,1H3,(H2,15,19)(H,16,20).